The first-order valence-electron chi connectivity index (χ1n) is 5.86. The minimum atomic E-state index is -3.72. The fourth-order valence-electron chi connectivity index (χ4n) is 2.30. The average Bonchev–Trinajstić information content (AvgIpc) is 2.81. The first-order chi connectivity index (χ1) is 8.48. The Morgan fingerprint density at radius 1 is 1.50 bits per heavy atom. The van der Waals surface area contributed by atoms with Gasteiger partial charge in [-0.05, 0) is 31.9 Å². The standard InChI is InChI=1S/C12H16FNO3S/c1-9-11(13)5-2-6-12(9)18(16,17)14-7-3-4-10(14)8-15/h2,5-6,10,15H,3-4,7-8H2,1H3/t10-/m1/s1. The summed E-state index contributed by atoms with van der Waals surface area (Å²) in [5.74, 6) is -0.532. The normalized spacial score (nSPS) is 21.4. The van der Waals surface area contributed by atoms with E-state index in [2.05, 4.69) is 0 Å². The zero-order valence-electron chi connectivity index (χ0n) is 10.1. The van der Waals surface area contributed by atoms with Crippen molar-refractivity contribution in [2.24, 2.45) is 0 Å². The maximum absolute atomic E-state index is 13.4. The van der Waals surface area contributed by atoms with Gasteiger partial charge in [0.15, 0.2) is 0 Å². The summed E-state index contributed by atoms with van der Waals surface area (Å²) in [5, 5.41) is 9.19. The van der Waals surface area contributed by atoms with Crippen molar-refractivity contribution in [2.75, 3.05) is 13.2 Å². The van der Waals surface area contributed by atoms with Crippen molar-refractivity contribution in [2.45, 2.75) is 30.7 Å². The number of hydrogen-bond acceptors (Lipinski definition) is 3. The summed E-state index contributed by atoms with van der Waals surface area (Å²) < 4.78 is 39.6. The molecule has 1 atom stereocenters. The highest BCUT2D eigenvalue weighted by Gasteiger charge is 2.35. The molecule has 1 aliphatic heterocycles. The smallest absolute Gasteiger partial charge is 0.243 e. The molecule has 0 amide bonds. The monoisotopic (exact) mass is 273 g/mol. The van der Waals surface area contributed by atoms with Crippen LogP contribution >= 0.6 is 0 Å². The van der Waals surface area contributed by atoms with Crippen LogP contribution in [0.1, 0.15) is 18.4 Å². The number of benzene rings is 1. The molecule has 0 bridgehead atoms. The molecule has 0 spiro atoms. The van der Waals surface area contributed by atoms with E-state index in [0.717, 1.165) is 6.42 Å². The Labute approximate surface area is 106 Å². The van der Waals surface area contributed by atoms with Gasteiger partial charge in [0.1, 0.15) is 5.82 Å². The van der Waals surface area contributed by atoms with Crippen LogP contribution in [0.25, 0.3) is 0 Å². The molecule has 0 aromatic heterocycles. The molecular formula is C12H16FNO3S. The molecule has 1 saturated heterocycles. The van der Waals surface area contributed by atoms with Gasteiger partial charge in [-0.15, -0.1) is 0 Å². The Bertz CT molecular complexity index is 544. The fraction of sp³-hybridized carbons (Fsp3) is 0.500. The molecule has 0 radical (unpaired) electrons. The van der Waals surface area contributed by atoms with Crippen LogP contribution in [0.5, 0.6) is 0 Å². The maximum Gasteiger partial charge on any atom is 0.243 e. The number of hydrogen-bond donors (Lipinski definition) is 1. The van der Waals surface area contributed by atoms with Crippen molar-refractivity contribution in [1.29, 1.82) is 0 Å². The minimum Gasteiger partial charge on any atom is -0.395 e. The highest BCUT2D eigenvalue weighted by atomic mass is 32.2. The van der Waals surface area contributed by atoms with Gasteiger partial charge < -0.3 is 5.11 Å². The molecule has 1 heterocycles. The first-order valence-corrected chi connectivity index (χ1v) is 7.30. The van der Waals surface area contributed by atoms with Gasteiger partial charge in [-0.25, -0.2) is 12.8 Å². The fourth-order valence-corrected chi connectivity index (χ4v) is 4.22. The number of halogens is 1. The van der Waals surface area contributed by atoms with Gasteiger partial charge >= 0.3 is 0 Å². The van der Waals surface area contributed by atoms with Crippen molar-refractivity contribution in [1.82, 2.24) is 4.31 Å². The molecule has 0 saturated carbocycles. The lowest BCUT2D eigenvalue weighted by atomic mass is 10.2. The average molecular weight is 273 g/mol. The highest BCUT2D eigenvalue weighted by Crippen LogP contribution is 2.28. The van der Waals surface area contributed by atoms with E-state index in [9.17, 15) is 17.9 Å². The lowest BCUT2D eigenvalue weighted by Crippen LogP contribution is -2.37. The van der Waals surface area contributed by atoms with Crippen LogP contribution in [0, 0.1) is 12.7 Å². The van der Waals surface area contributed by atoms with E-state index in [4.69, 9.17) is 0 Å². The second-order valence-electron chi connectivity index (χ2n) is 4.46. The van der Waals surface area contributed by atoms with Crippen molar-refractivity contribution in [3.63, 3.8) is 0 Å². The van der Waals surface area contributed by atoms with Gasteiger partial charge in [-0.2, -0.15) is 4.31 Å². The zero-order chi connectivity index (χ0) is 13.3. The molecule has 1 aliphatic rings. The SMILES string of the molecule is Cc1c(F)cccc1S(=O)(=O)N1CCC[C@@H]1CO. The Kier molecular flexibility index (Phi) is 3.70. The largest absolute Gasteiger partial charge is 0.395 e. The van der Waals surface area contributed by atoms with E-state index in [0.29, 0.717) is 13.0 Å². The summed E-state index contributed by atoms with van der Waals surface area (Å²) in [7, 11) is -3.72. The van der Waals surface area contributed by atoms with Crippen molar-refractivity contribution in [3.8, 4) is 0 Å². The van der Waals surface area contributed by atoms with E-state index in [1.165, 1.54) is 29.4 Å². The quantitative estimate of drug-likeness (QED) is 0.902. The lowest BCUT2D eigenvalue weighted by molar-refractivity contribution is 0.213. The van der Waals surface area contributed by atoms with E-state index < -0.39 is 21.9 Å². The Hall–Kier alpha value is -0.980. The second-order valence-corrected chi connectivity index (χ2v) is 6.32. The van der Waals surface area contributed by atoms with Crippen LogP contribution in [-0.4, -0.2) is 37.0 Å². The molecule has 100 valence electrons. The van der Waals surface area contributed by atoms with E-state index in [-0.39, 0.29) is 17.1 Å². The Balaban J connectivity index is 2.45. The third-order valence-corrected chi connectivity index (χ3v) is 5.43. The summed E-state index contributed by atoms with van der Waals surface area (Å²) in [6.07, 6.45) is 1.36. The van der Waals surface area contributed by atoms with Crippen LogP contribution in [0.2, 0.25) is 0 Å². The topological polar surface area (TPSA) is 57.6 Å². The maximum atomic E-state index is 13.4. The predicted molar refractivity (Wildman–Crippen MR) is 65.1 cm³/mol. The van der Waals surface area contributed by atoms with Gasteiger partial charge in [0.05, 0.1) is 11.5 Å². The van der Waals surface area contributed by atoms with Crippen LogP contribution in [0.4, 0.5) is 4.39 Å². The molecule has 1 N–H and O–H groups in total. The number of rotatable bonds is 3. The molecule has 1 aromatic carbocycles. The van der Waals surface area contributed by atoms with Gasteiger partial charge in [0.2, 0.25) is 10.0 Å². The predicted octanol–water partition coefficient (Wildman–Crippen LogP) is 1.28. The van der Waals surface area contributed by atoms with Gasteiger partial charge in [-0.1, -0.05) is 6.07 Å². The summed E-state index contributed by atoms with van der Waals surface area (Å²) in [5.41, 5.74) is 0.126. The van der Waals surface area contributed by atoms with Crippen molar-refractivity contribution >= 4 is 10.0 Å². The minimum absolute atomic E-state index is 0.0112. The van der Waals surface area contributed by atoms with Crippen LogP contribution < -0.4 is 0 Å². The molecule has 0 unspecified atom stereocenters. The molecule has 0 aliphatic carbocycles. The lowest BCUT2D eigenvalue weighted by Gasteiger charge is -2.23. The molecule has 4 nitrogen and oxygen atoms in total. The summed E-state index contributed by atoms with van der Waals surface area (Å²) >= 11 is 0. The van der Waals surface area contributed by atoms with E-state index in [1.54, 1.807) is 0 Å². The Morgan fingerprint density at radius 3 is 2.89 bits per heavy atom. The van der Waals surface area contributed by atoms with E-state index >= 15 is 0 Å². The van der Waals surface area contributed by atoms with Crippen LogP contribution in [-0.2, 0) is 10.0 Å². The summed E-state index contributed by atoms with van der Waals surface area (Å²) in [4.78, 5) is -0.0112. The number of aliphatic hydroxyl groups is 1. The molecule has 1 aromatic rings. The molecule has 1 fully saturated rings. The van der Waals surface area contributed by atoms with Crippen LogP contribution in [0.3, 0.4) is 0 Å². The Morgan fingerprint density at radius 2 is 2.22 bits per heavy atom. The first kappa shape index (κ1) is 13.5. The molecule has 6 heteroatoms. The molecule has 18 heavy (non-hydrogen) atoms. The van der Waals surface area contributed by atoms with Crippen LogP contribution in [0.15, 0.2) is 23.1 Å². The van der Waals surface area contributed by atoms with Gasteiger partial charge in [-0.3, -0.25) is 0 Å². The summed E-state index contributed by atoms with van der Waals surface area (Å²) in [6, 6.07) is 3.64. The number of nitrogens with zero attached hydrogens (tertiary/aromatic N) is 1. The van der Waals surface area contributed by atoms with Crippen molar-refractivity contribution in [3.05, 3.63) is 29.6 Å². The molecule has 2 rings (SSSR count). The number of sulfonamides is 1. The summed E-state index contributed by atoms with van der Waals surface area (Å²) in [6.45, 7) is 1.63. The highest BCUT2D eigenvalue weighted by molar-refractivity contribution is 7.89. The second kappa shape index (κ2) is 4.95. The third-order valence-electron chi connectivity index (χ3n) is 3.34. The third kappa shape index (κ3) is 2.15. The van der Waals surface area contributed by atoms with E-state index in [1.807, 2.05) is 0 Å². The van der Waals surface area contributed by atoms with Gasteiger partial charge in [0.25, 0.3) is 0 Å². The zero-order valence-corrected chi connectivity index (χ0v) is 11.0. The number of aliphatic hydroxyl groups excluding tert-OH is 1. The van der Waals surface area contributed by atoms with Gasteiger partial charge in [0, 0.05) is 18.2 Å². The molecular weight excluding hydrogens is 257 g/mol. The van der Waals surface area contributed by atoms with Crippen molar-refractivity contribution < 1.29 is 17.9 Å².